The van der Waals surface area contributed by atoms with Crippen LogP contribution in [-0.4, -0.2) is 39.0 Å². The molecule has 4 rings (SSSR count). The van der Waals surface area contributed by atoms with Crippen molar-refractivity contribution in [3.05, 3.63) is 65.1 Å². The van der Waals surface area contributed by atoms with Gasteiger partial charge in [-0.2, -0.15) is 10.2 Å². The molecule has 1 unspecified atom stereocenters. The Kier molecular flexibility index (Phi) is 4.00. The van der Waals surface area contributed by atoms with Gasteiger partial charge in [0.2, 0.25) is 5.91 Å². The number of aromatic nitrogens is 4. The smallest absolute Gasteiger partial charge is 0.356 e. The third-order valence-corrected chi connectivity index (χ3v) is 4.51. The van der Waals surface area contributed by atoms with Gasteiger partial charge in [0.1, 0.15) is 5.69 Å². The van der Waals surface area contributed by atoms with Gasteiger partial charge in [-0.05, 0) is 17.2 Å². The summed E-state index contributed by atoms with van der Waals surface area (Å²) in [5.74, 6) is -0.567. The Labute approximate surface area is 149 Å². The van der Waals surface area contributed by atoms with E-state index < -0.39 is 5.97 Å². The molecule has 1 amide bonds. The van der Waals surface area contributed by atoms with Gasteiger partial charge in [0, 0.05) is 30.3 Å². The summed E-state index contributed by atoms with van der Waals surface area (Å²) in [7, 11) is 1.32. The van der Waals surface area contributed by atoms with Crippen LogP contribution >= 0.6 is 0 Å². The number of hydrogen-bond donors (Lipinski definition) is 2. The number of methoxy groups -OCH3 is 1. The highest BCUT2D eigenvalue weighted by Crippen LogP contribution is 2.39. The average Bonchev–Trinajstić information content (AvgIpc) is 3.30. The first-order chi connectivity index (χ1) is 12.7. The molecule has 0 radical (unpaired) electrons. The van der Waals surface area contributed by atoms with E-state index in [1.165, 1.54) is 7.11 Å². The number of ether oxygens (including phenoxy) is 1. The van der Waals surface area contributed by atoms with E-state index in [1.807, 2.05) is 41.2 Å². The summed E-state index contributed by atoms with van der Waals surface area (Å²) in [5, 5.41) is 13.7. The van der Waals surface area contributed by atoms with Crippen LogP contribution in [0.15, 0.2) is 42.7 Å². The molecule has 8 nitrogen and oxygen atoms in total. The molecule has 3 heterocycles. The van der Waals surface area contributed by atoms with Gasteiger partial charge < -0.3 is 10.1 Å². The van der Waals surface area contributed by atoms with E-state index in [9.17, 15) is 9.59 Å². The first-order valence-electron chi connectivity index (χ1n) is 8.19. The van der Waals surface area contributed by atoms with Crippen molar-refractivity contribution in [3.8, 4) is 0 Å². The number of nitrogens with one attached hydrogen (secondary N) is 2. The minimum Gasteiger partial charge on any atom is -0.464 e. The van der Waals surface area contributed by atoms with E-state index in [-0.39, 0.29) is 23.9 Å². The van der Waals surface area contributed by atoms with E-state index in [2.05, 4.69) is 20.6 Å². The molecule has 0 spiro atoms. The number of anilines is 1. The highest BCUT2D eigenvalue weighted by Gasteiger charge is 2.35. The Bertz CT molecular complexity index is 961. The zero-order valence-electron chi connectivity index (χ0n) is 14.1. The predicted octanol–water partition coefficient (Wildman–Crippen LogP) is 1.92. The summed E-state index contributed by atoms with van der Waals surface area (Å²) >= 11 is 0. The predicted molar refractivity (Wildman–Crippen MR) is 92.8 cm³/mol. The average molecular weight is 351 g/mol. The minimum atomic E-state index is -0.510. The number of amides is 1. The van der Waals surface area contributed by atoms with Crippen LogP contribution in [0.5, 0.6) is 0 Å². The van der Waals surface area contributed by atoms with Crippen LogP contribution < -0.4 is 5.32 Å². The number of hydrogen-bond acceptors (Lipinski definition) is 5. The molecule has 1 aromatic carbocycles. The van der Waals surface area contributed by atoms with Crippen molar-refractivity contribution < 1.29 is 14.3 Å². The van der Waals surface area contributed by atoms with Gasteiger partial charge in [0.25, 0.3) is 0 Å². The molecule has 0 aliphatic carbocycles. The summed E-state index contributed by atoms with van der Waals surface area (Å²) in [4.78, 5) is 24.3. The fourth-order valence-corrected chi connectivity index (χ4v) is 3.37. The number of esters is 1. The van der Waals surface area contributed by atoms with Crippen LogP contribution in [0.1, 0.15) is 39.5 Å². The van der Waals surface area contributed by atoms with Crippen LogP contribution in [-0.2, 0) is 16.1 Å². The number of aromatic amines is 1. The van der Waals surface area contributed by atoms with Crippen molar-refractivity contribution >= 4 is 17.7 Å². The van der Waals surface area contributed by atoms with Gasteiger partial charge >= 0.3 is 5.97 Å². The minimum absolute atomic E-state index is 0.140. The molecule has 8 heteroatoms. The Morgan fingerprint density at radius 3 is 2.96 bits per heavy atom. The fraction of sp³-hybridized carbons (Fsp3) is 0.222. The molecule has 0 bridgehead atoms. The number of H-pyrrole nitrogens is 1. The maximum atomic E-state index is 12.2. The molecule has 2 N–H and O–H groups in total. The number of carbonyl (C=O) groups excluding carboxylic acids is 2. The lowest BCUT2D eigenvalue weighted by Crippen LogP contribution is -2.25. The van der Waals surface area contributed by atoms with Gasteiger partial charge in [0.05, 0.1) is 13.7 Å². The Hall–Kier alpha value is -3.42. The molecule has 2 aromatic heterocycles. The van der Waals surface area contributed by atoms with Crippen molar-refractivity contribution in [2.24, 2.45) is 0 Å². The van der Waals surface area contributed by atoms with E-state index in [0.29, 0.717) is 17.9 Å². The van der Waals surface area contributed by atoms with Crippen LogP contribution in [0.25, 0.3) is 0 Å². The normalized spacial score (nSPS) is 16.0. The molecule has 0 fully saturated rings. The SMILES string of the molecule is COC(=O)c1[nH]nc2c1C(c1ccccc1Cn1cccn1)CC(=O)N2. The van der Waals surface area contributed by atoms with Crippen LogP contribution in [0.4, 0.5) is 5.82 Å². The lowest BCUT2D eigenvalue weighted by atomic mass is 9.83. The third kappa shape index (κ3) is 2.75. The molecule has 0 saturated carbocycles. The standard InChI is InChI=1S/C18H17N5O3/c1-26-18(25)16-15-13(9-14(24)20-17(15)22-21-16)12-6-3-2-5-11(12)10-23-8-4-7-19-23/h2-8,13H,9-10H2,1H3,(H2,20,21,22,24). The fourth-order valence-electron chi connectivity index (χ4n) is 3.37. The van der Waals surface area contributed by atoms with Crippen molar-refractivity contribution in [1.29, 1.82) is 0 Å². The zero-order chi connectivity index (χ0) is 18.1. The monoisotopic (exact) mass is 351 g/mol. The first kappa shape index (κ1) is 16.1. The van der Waals surface area contributed by atoms with Crippen molar-refractivity contribution in [2.45, 2.75) is 18.9 Å². The van der Waals surface area contributed by atoms with E-state index >= 15 is 0 Å². The second-order valence-electron chi connectivity index (χ2n) is 6.06. The van der Waals surface area contributed by atoms with Crippen LogP contribution in [0, 0.1) is 0 Å². The number of nitrogens with zero attached hydrogens (tertiary/aromatic N) is 3. The van der Waals surface area contributed by atoms with Gasteiger partial charge in [-0.1, -0.05) is 24.3 Å². The largest absolute Gasteiger partial charge is 0.464 e. The molecular formula is C18H17N5O3. The lowest BCUT2D eigenvalue weighted by molar-refractivity contribution is -0.116. The Morgan fingerprint density at radius 2 is 2.19 bits per heavy atom. The molecule has 1 atom stereocenters. The molecule has 132 valence electrons. The number of rotatable bonds is 4. The highest BCUT2D eigenvalue weighted by molar-refractivity contribution is 5.98. The summed E-state index contributed by atoms with van der Waals surface area (Å²) in [5.41, 5.74) is 2.91. The van der Waals surface area contributed by atoms with Gasteiger partial charge in [-0.3, -0.25) is 14.6 Å². The number of benzene rings is 1. The first-order valence-corrected chi connectivity index (χ1v) is 8.19. The van der Waals surface area contributed by atoms with Crippen molar-refractivity contribution in [1.82, 2.24) is 20.0 Å². The summed E-state index contributed by atoms with van der Waals surface area (Å²) < 4.78 is 6.67. The van der Waals surface area contributed by atoms with E-state index in [0.717, 1.165) is 11.1 Å². The second kappa shape index (κ2) is 6.47. The third-order valence-electron chi connectivity index (χ3n) is 4.51. The zero-order valence-corrected chi connectivity index (χ0v) is 14.1. The molecule has 0 saturated heterocycles. The summed E-state index contributed by atoms with van der Waals surface area (Å²) in [6, 6.07) is 9.70. The summed E-state index contributed by atoms with van der Waals surface area (Å²) in [6.07, 6.45) is 3.83. The van der Waals surface area contributed by atoms with Crippen LogP contribution in [0.3, 0.4) is 0 Å². The Morgan fingerprint density at radius 1 is 1.35 bits per heavy atom. The van der Waals surface area contributed by atoms with Gasteiger partial charge in [-0.25, -0.2) is 4.79 Å². The quantitative estimate of drug-likeness (QED) is 0.699. The molecule has 1 aliphatic heterocycles. The van der Waals surface area contributed by atoms with E-state index in [1.54, 1.807) is 6.20 Å². The Balaban J connectivity index is 1.81. The lowest BCUT2D eigenvalue weighted by Gasteiger charge is -2.25. The van der Waals surface area contributed by atoms with Gasteiger partial charge in [-0.15, -0.1) is 0 Å². The maximum absolute atomic E-state index is 12.2. The van der Waals surface area contributed by atoms with E-state index in [4.69, 9.17) is 4.74 Å². The number of fused-ring (bicyclic) bond motifs is 1. The maximum Gasteiger partial charge on any atom is 0.356 e. The number of carbonyl (C=O) groups is 2. The molecular weight excluding hydrogens is 334 g/mol. The topological polar surface area (TPSA) is 102 Å². The van der Waals surface area contributed by atoms with Gasteiger partial charge in [0.15, 0.2) is 5.82 Å². The van der Waals surface area contributed by atoms with Crippen molar-refractivity contribution in [2.75, 3.05) is 12.4 Å². The molecule has 1 aliphatic rings. The molecule has 3 aromatic rings. The second-order valence-corrected chi connectivity index (χ2v) is 6.06. The molecule has 26 heavy (non-hydrogen) atoms. The van der Waals surface area contributed by atoms with Crippen LogP contribution in [0.2, 0.25) is 0 Å². The van der Waals surface area contributed by atoms with Crippen molar-refractivity contribution in [3.63, 3.8) is 0 Å². The highest BCUT2D eigenvalue weighted by atomic mass is 16.5. The summed E-state index contributed by atoms with van der Waals surface area (Å²) in [6.45, 7) is 0.571.